The fourth-order valence-corrected chi connectivity index (χ4v) is 0.858. The molecule has 1 heteroatoms. The van der Waals surface area contributed by atoms with E-state index in [1.165, 1.54) is 0 Å². The van der Waals surface area contributed by atoms with Crippen molar-refractivity contribution in [3.8, 4) is 0 Å². The van der Waals surface area contributed by atoms with Crippen molar-refractivity contribution in [2.24, 2.45) is 11.8 Å². The van der Waals surface area contributed by atoms with E-state index in [2.05, 4.69) is 13.2 Å². The highest BCUT2D eigenvalue weighted by Crippen LogP contribution is 2.42. The third-order valence-corrected chi connectivity index (χ3v) is 1.57. The molecule has 1 N–H and O–H groups in total. The minimum atomic E-state index is 0.315. The van der Waals surface area contributed by atoms with E-state index in [0.717, 1.165) is 6.42 Å². The summed E-state index contributed by atoms with van der Waals surface area (Å²) in [6.45, 7) is 7.03. The van der Waals surface area contributed by atoms with Crippen LogP contribution in [0.2, 0.25) is 0 Å². The number of hydrogen-bond acceptors (Lipinski definition) is 1. The zero-order chi connectivity index (χ0) is 6.15. The first-order valence-electron chi connectivity index (χ1n) is 2.76. The monoisotopic (exact) mass is 110 g/mol. The lowest BCUT2D eigenvalue weighted by atomic mass is 10.3. The number of rotatable bonds is 2. The van der Waals surface area contributed by atoms with Crippen LogP contribution < -0.4 is 0 Å². The SMILES string of the molecule is C=C[C@@H]1C[C@@H]1C(=C)O. The van der Waals surface area contributed by atoms with Gasteiger partial charge in [-0.1, -0.05) is 12.7 Å². The van der Waals surface area contributed by atoms with E-state index in [-0.39, 0.29) is 0 Å². The van der Waals surface area contributed by atoms with Crippen LogP contribution in [0.3, 0.4) is 0 Å². The number of aliphatic hydroxyl groups excluding tert-OH is 1. The Morgan fingerprint density at radius 3 is 2.50 bits per heavy atom. The summed E-state index contributed by atoms with van der Waals surface area (Å²) in [5, 5.41) is 8.75. The quantitative estimate of drug-likeness (QED) is 0.425. The van der Waals surface area contributed by atoms with Crippen LogP contribution >= 0.6 is 0 Å². The van der Waals surface area contributed by atoms with E-state index >= 15 is 0 Å². The number of allylic oxidation sites excluding steroid dienone is 2. The predicted molar refractivity (Wildman–Crippen MR) is 33.6 cm³/mol. The van der Waals surface area contributed by atoms with Crippen molar-refractivity contribution in [3.63, 3.8) is 0 Å². The Balaban J connectivity index is 2.36. The molecule has 0 unspecified atom stereocenters. The van der Waals surface area contributed by atoms with Gasteiger partial charge < -0.3 is 5.11 Å². The largest absolute Gasteiger partial charge is 0.513 e. The first-order chi connectivity index (χ1) is 3.75. The molecule has 0 aromatic carbocycles. The molecule has 0 aromatic rings. The minimum absolute atomic E-state index is 0.315. The maximum absolute atomic E-state index is 8.75. The van der Waals surface area contributed by atoms with Crippen LogP contribution in [0.1, 0.15) is 6.42 Å². The summed E-state index contributed by atoms with van der Waals surface area (Å²) >= 11 is 0. The predicted octanol–water partition coefficient (Wildman–Crippen LogP) is 1.88. The van der Waals surface area contributed by atoms with E-state index in [4.69, 9.17) is 5.11 Å². The molecule has 1 nitrogen and oxygen atoms in total. The van der Waals surface area contributed by atoms with Crippen LogP contribution in [0.4, 0.5) is 0 Å². The molecule has 0 aromatic heterocycles. The molecule has 1 aliphatic carbocycles. The summed E-state index contributed by atoms with van der Waals surface area (Å²) in [4.78, 5) is 0. The summed E-state index contributed by atoms with van der Waals surface area (Å²) in [7, 11) is 0. The van der Waals surface area contributed by atoms with Gasteiger partial charge in [0.05, 0.1) is 5.76 Å². The Morgan fingerprint density at radius 2 is 2.38 bits per heavy atom. The molecular formula is C7H10O. The van der Waals surface area contributed by atoms with Gasteiger partial charge in [0.15, 0.2) is 0 Å². The van der Waals surface area contributed by atoms with Crippen LogP contribution in [0.25, 0.3) is 0 Å². The molecule has 2 atom stereocenters. The second-order valence-corrected chi connectivity index (χ2v) is 2.23. The van der Waals surface area contributed by atoms with Crippen LogP contribution in [-0.4, -0.2) is 5.11 Å². The van der Waals surface area contributed by atoms with E-state index in [1.54, 1.807) is 0 Å². The lowest BCUT2D eigenvalue weighted by molar-refractivity contribution is 0.378. The smallest absolute Gasteiger partial charge is 0.0888 e. The number of hydrogen-bond donors (Lipinski definition) is 1. The Labute approximate surface area is 49.3 Å². The minimum Gasteiger partial charge on any atom is -0.513 e. The third-order valence-electron chi connectivity index (χ3n) is 1.57. The standard InChI is InChI=1S/C7H10O/c1-3-6-4-7(6)5(2)8/h3,6-8H,1-2,4H2/t6-,7-/m1/s1. The molecule has 8 heavy (non-hydrogen) atoms. The van der Waals surface area contributed by atoms with Gasteiger partial charge in [-0.25, -0.2) is 0 Å². The molecule has 0 aliphatic heterocycles. The van der Waals surface area contributed by atoms with Crippen LogP contribution in [-0.2, 0) is 0 Å². The second kappa shape index (κ2) is 1.66. The Morgan fingerprint density at radius 1 is 1.75 bits per heavy atom. The Bertz CT molecular complexity index is 126. The van der Waals surface area contributed by atoms with Crippen molar-refractivity contribution in [1.82, 2.24) is 0 Å². The van der Waals surface area contributed by atoms with E-state index in [1.807, 2.05) is 6.08 Å². The van der Waals surface area contributed by atoms with Gasteiger partial charge in [-0.2, -0.15) is 0 Å². The topological polar surface area (TPSA) is 20.2 Å². The zero-order valence-electron chi connectivity index (χ0n) is 4.80. The molecule has 0 heterocycles. The average molecular weight is 110 g/mol. The summed E-state index contributed by atoms with van der Waals surface area (Å²) in [6, 6.07) is 0. The van der Waals surface area contributed by atoms with Gasteiger partial charge in [0.25, 0.3) is 0 Å². The highest BCUT2D eigenvalue weighted by Gasteiger charge is 2.36. The van der Waals surface area contributed by atoms with Crippen LogP contribution in [0.15, 0.2) is 25.0 Å². The molecule has 1 fully saturated rings. The first kappa shape index (κ1) is 5.42. The molecule has 0 radical (unpaired) electrons. The van der Waals surface area contributed by atoms with E-state index in [0.29, 0.717) is 17.6 Å². The van der Waals surface area contributed by atoms with Crippen molar-refractivity contribution < 1.29 is 5.11 Å². The lowest BCUT2D eigenvalue weighted by Crippen LogP contribution is -1.80. The highest BCUT2D eigenvalue weighted by atomic mass is 16.3. The lowest BCUT2D eigenvalue weighted by Gasteiger charge is -1.88. The van der Waals surface area contributed by atoms with E-state index in [9.17, 15) is 0 Å². The molecule has 1 aliphatic rings. The van der Waals surface area contributed by atoms with Crippen molar-refractivity contribution in [2.45, 2.75) is 6.42 Å². The fraction of sp³-hybridized carbons (Fsp3) is 0.429. The maximum atomic E-state index is 8.75. The van der Waals surface area contributed by atoms with E-state index < -0.39 is 0 Å². The van der Waals surface area contributed by atoms with Crippen LogP contribution in [0.5, 0.6) is 0 Å². The van der Waals surface area contributed by atoms with Gasteiger partial charge in [0.1, 0.15) is 0 Å². The van der Waals surface area contributed by atoms with Gasteiger partial charge in [0, 0.05) is 5.92 Å². The molecule has 44 valence electrons. The fourth-order valence-electron chi connectivity index (χ4n) is 0.858. The summed E-state index contributed by atoms with van der Waals surface area (Å²) in [5.74, 6) is 1.15. The van der Waals surface area contributed by atoms with Crippen molar-refractivity contribution in [2.75, 3.05) is 0 Å². The summed E-state index contributed by atoms with van der Waals surface area (Å²) in [6.07, 6.45) is 2.91. The van der Waals surface area contributed by atoms with Crippen molar-refractivity contribution >= 4 is 0 Å². The Hall–Kier alpha value is -0.720. The maximum Gasteiger partial charge on any atom is 0.0888 e. The average Bonchev–Trinajstić information content (AvgIpc) is 2.42. The Kier molecular flexibility index (Phi) is 1.12. The summed E-state index contributed by atoms with van der Waals surface area (Å²) in [5.41, 5.74) is 0. The third kappa shape index (κ3) is 0.760. The molecule has 0 spiro atoms. The molecule has 0 amide bonds. The zero-order valence-corrected chi connectivity index (χ0v) is 4.80. The molecular weight excluding hydrogens is 100 g/mol. The van der Waals surface area contributed by atoms with Gasteiger partial charge in [-0.15, -0.1) is 6.58 Å². The van der Waals surface area contributed by atoms with Crippen molar-refractivity contribution in [1.29, 1.82) is 0 Å². The van der Waals surface area contributed by atoms with Crippen molar-refractivity contribution in [3.05, 3.63) is 25.0 Å². The normalized spacial score (nSPS) is 34.0. The molecule has 1 rings (SSSR count). The highest BCUT2D eigenvalue weighted by molar-refractivity contribution is 5.09. The molecule has 0 saturated heterocycles. The molecule has 1 saturated carbocycles. The van der Waals surface area contributed by atoms with Gasteiger partial charge in [-0.05, 0) is 12.3 Å². The summed E-state index contributed by atoms with van der Waals surface area (Å²) < 4.78 is 0. The van der Waals surface area contributed by atoms with Gasteiger partial charge >= 0.3 is 0 Å². The van der Waals surface area contributed by atoms with Gasteiger partial charge in [0.2, 0.25) is 0 Å². The number of aliphatic hydroxyl groups is 1. The van der Waals surface area contributed by atoms with Crippen LogP contribution in [0, 0.1) is 11.8 Å². The second-order valence-electron chi connectivity index (χ2n) is 2.23. The molecule has 0 bridgehead atoms. The first-order valence-corrected chi connectivity index (χ1v) is 2.76. The van der Waals surface area contributed by atoms with Gasteiger partial charge in [-0.3, -0.25) is 0 Å².